The number of carbonyl (C=O) groups excluding carboxylic acids is 1. The summed E-state index contributed by atoms with van der Waals surface area (Å²) < 4.78 is 34.0. The fourth-order valence-corrected chi connectivity index (χ4v) is 6.58. The van der Waals surface area contributed by atoms with Crippen molar-refractivity contribution in [2.45, 2.75) is 24.9 Å². The number of carbonyl (C=O) groups is 1. The summed E-state index contributed by atoms with van der Waals surface area (Å²) in [6.07, 6.45) is 0. The van der Waals surface area contributed by atoms with Gasteiger partial charge in [0.15, 0.2) is 0 Å². The summed E-state index contributed by atoms with van der Waals surface area (Å²) in [5.41, 5.74) is 0.990. The van der Waals surface area contributed by atoms with Gasteiger partial charge in [0, 0.05) is 47.5 Å². The van der Waals surface area contributed by atoms with Crippen molar-refractivity contribution < 1.29 is 17.9 Å². The van der Waals surface area contributed by atoms with Gasteiger partial charge in [-0.2, -0.15) is 4.31 Å². The molecule has 2 heterocycles. The lowest BCUT2D eigenvalue weighted by molar-refractivity contribution is -0.132. The minimum Gasteiger partial charge on any atom is -0.379 e. The van der Waals surface area contributed by atoms with Crippen molar-refractivity contribution in [1.29, 1.82) is 0 Å². The van der Waals surface area contributed by atoms with Crippen molar-refractivity contribution in [3.8, 4) is 0 Å². The highest BCUT2D eigenvalue weighted by atomic mass is 35.5. The second-order valence-corrected chi connectivity index (χ2v) is 12.7. The van der Waals surface area contributed by atoms with Gasteiger partial charge in [0.25, 0.3) is 0 Å². The van der Waals surface area contributed by atoms with Gasteiger partial charge in [0.2, 0.25) is 15.9 Å². The summed E-state index contributed by atoms with van der Waals surface area (Å²) in [5.74, 6) is -0.241. The SMILES string of the molecule is Cc1ccc(CN(Cc2ccccc2)C(=O)CN(CCN2CCOCC2)S(=O)(=O)c2ccc(Cl)cc2)s1. The molecule has 0 aliphatic carbocycles. The minimum absolute atomic E-state index is 0.121. The summed E-state index contributed by atoms with van der Waals surface area (Å²) in [5, 5.41) is 0.454. The number of aryl methyl sites for hydroxylation is 1. The zero-order valence-electron chi connectivity index (χ0n) is 20.9. The number of thiophene rings is 1. The van der Waals surface area contributed by atoms with Gasteiger partial charge in [-0.15, -0.1) is 11.3 Å². The van der Waals surface area contributed by atoms with Crippen molar-refractivity contribution in [2.24, 2.45) is 0 Å². The quantitative estimate of drug-likeness (QED) is 0.350. The van der Waals surface area contributed by atoms with Crippen LogP contribution in [0.3, 0.4) is 0 Å². The predicted octanol–water partition coefficient (Wildman–Crippen LogP) is 4.26. The molecule has 1 amide bonds. The highest BCUT2D eigenvalue weighted by Crippen LogP contribution is 2.22. The number of nitrogens with zero attached hydrogens (tertiary/aromatic N) is 3. The van der Waals surface area contributed by atoms with E-state index in [-0.39, 0.29) is 23.9 Å². The van der Waals surface area contributed by atoms with Crippen LogP contribution in [0.1, 0.15) is 15.3 Å². The molecule has 0 spiro atoms. The standard InChI is InChI=1S/C27H32ClN3O4S2/c1-22-7-10-25(36-22)20-30(19-23-5-3-2-4-6-23)27(32)21-31(14-13-29-15-17-35-18-16-29)37(33,34)26-11-8-24(28)9-12-26/h2-12H,13-21H2,1H3. The molecule has 0 saturated carbocycles. The normalized spacial score (nSPS) is 14.7. The average Bonchev–Trinajstić information content (AvgIpc) is 3.31. The Labute approximate surface area is 228 Å². The minimum atomic E-state index is -3.92. The highest BCUT2D eigenvalue weighted by molar-refractivity contribution is 7.89. The second-order valence-electron chi connectivity index (χ2n) is 8.99. The van der Waals surface area contributed by atoms with E-state index >= 15 is 0 Å². The molecule has 1 aliphatic rings. The van der Waals surface area contributed by atoms with Crippen molar-refractivity contribution in [2.75, 3.05) is 45.9 Å². The number of amides is 1. The Balaban J connectivity index is 1.57. The first-order valence-electron chi connectivity index (χ1n) is 12.2. The number of ether oxygens (including phenoxy) is 1. The van der Waals surface area contributed by atoms with Crippen LogP contribution in [0.25, 0.3) is 0 Å². The second kappa shape index (κ2) is 13.0. The summed E-state index contributed by atoms with van der Waals surface area (Å²) in [7, 11) is -3.92. The summed E-state index contributed by atoms with van der Waals surface area (Å²) in [4.78, 5) is 20.0. The molecule has 1 aromatic heterocycles. The number of sulfonamides is 1. The third-order valence-electron chi connectivity index (χ3n) is 6.24. The predicted molar refractivity (Wildman–Crippen MR) is 147 cm³/mol. The largest absolute Gasteiger partial charge is 0.379 e. The number of rotatable bonds is 11. The van der Waals surface area contributed by atoms with Crippen LogP contribution < -0.4 is 0 Å². The Morgan fingerprint density at radius 1 is 1.00 bits per heavy atom. The first kappa shape index (κ1) is 27.8. The monoisotopic (exact) mass is 561 g/mol. The van der Waals surface area contributed by atoms with Gasteiger partial charge in [0.05, 0.1) is 31.2 Å². The zero-order valence-corrected chi connectivity index (χ0v) is 23.3. The molecule has 0 unspecified atom stereocenters. The van der Waals surface area contributed by atoms with E-state index in [4.69, 9.17) is 16.3 Å². The van der Waals surface area contributed by atoms with Crippen LogP contribution in [0, 0.1) is 6.92 Å². The number of hydrogen-bond donors (Lipinski definition) is 0. The topological polar surface area (TPSA) is 70.2 Å². The summed E-state index contributed by atoms with van der Waals surface area (Å²) in [6.45, 7) is 6.04. The van der Waals surface area contributed by atoms with Crippen LogP contribution in [0.4, 0.5) is 0 Å². The smallest absolute Gasteiger partial charge is 0.243 e. The Morgan fingerprint density at radius 3 is 2.35 bits per heavy atom. The number of morpholine rings is 1. The molecule has 3 aromatic rings. The molecule has 198 valence electrons. The Morgan fingerprint density at radius 2 is 1.70 bits per heavy atom. The third-order valence-corrected chi connectivity index (χ3v) is 9.34. The fourth-order valence-electron chi connectivity index (χ4n) is 4.16. The van der Waals surface area contributed by atoms with E-state index in [0.717, 1.165) is 23.5 Å². The van der Waals surface area contributed by atoms with Gasteiger partial charge in [-0.25, -0.2) is 8.42 Å². The maximum atomic E-state index is 13.7. The summed E-state index contributed by atoms with van der Waals surface area (Å²) >= 11 is 7.64. The van der Waals surface area contributed by atoms with Gasteiger partial charge in [-0.3, -0.25) is 9.69 Å². The Hall–Kier alpha value is -2.27. The van der Waals surface area contributed by atoms with Crippen molar-refractivity contribution in [3.05, 3.63) is 87.1 Å². The molecular formula is C27H32ClN3O4S2. The average molecular weight is 562 g/mol. The molecule has 4 rings (SSSR count). The number of benzene rings is 2. The Kier molecular flexibility index (Phi) is 9.75. The van der Waals surface area contributed by atoms with E-state index in [1.54, 1.807) is 28.4 Å². The first-order chi connectivity index (χ1) is 17.8. The van der Waals surface area contributed by atoms with E-state index in [9.17, 15) is 13.2 Å². The van der Waals surface area contributed by atoms with Gasteiger partial charge in [-0.1, -0.05) is 41.9 Å². The van der Waals surface area contributed by atoms with Crippen LogP contribution in [-0.2, 0) is 32.6 Å². The molecule has 1 aliphatic heterocycles. The van der Waals surface area contributed by atoms with Crippen LogP contribution >= 0.6 is 22.9 Å². The lowest BCUT2D eigenvalue weighted by atomic mass is 10.2. The van der Waals surface area contributed by atoms with Gasteiger partial charge >= 0.3 is 0 Å². The molecule has 1 fully saturated rings. The molecule has 2 aromatic carbocycles. The van der Waals surface area contributed by atoms with Crippen molar-refractivity contribution in [3.63, 3.8) is 0 Å². The number of hydrogen-bond acceptors (Lipinski definition) is 6. The van der Waals surface area contributed by atoms with E-state index < -0.39 is 10.0 Å². The van der Waals surface area contributed by atoms with Gasteiger partial charge in [-0.05, 0) is 48.9 Å². The molecule has 7 nitrogen and oxygen atoms in total. The number of halogens is 1. The maximum absolute atomic E-state index is 13.7. The first-order valence-corrected chi connectivity index (χ1v) is 14.9. The lowest BCUT2D eigenvalue weighted by Gasteiger charge is -2.31. The van der Waals surface area contributed by atoms with E-state index in [2.05, 4.69) is 4.90 Å². The molecule has 10 heteroatoms. The van der Waals surface area contributed by atoms with E-state index in [1.807, 2.05) is 49.4 Å². The van der Waals surface area contributed by atoms with Crippen LogP contribution in [-0.4, -0.2) is 74.4 Å². The van der Waals surface area contributed by atoms with E-state index in [0.29, 0.717) is 37.9 Å². The summed E-state index contributed by atoms with van der Waals surface area (Å²) in [6, 6.07) is 19.9. The molecular weight excluding hydrogens is 530 g/mol. The third kappa shape index (κ3) is 7.86. The fraction of sp³-hybridized carbons (Fsp3) is 0.370. The van der Waals surface area contributed by atoms with E-state index in [1.165, 1.54) is 21.3 Å². The van der Waals surface area contributed by atoms with Crippen molar-refractivity contribution >= 4 is 38.9 Å². The molecule has 0 bridgehead atoms. The molecule has 37 heavy (non-hydrogen) atoms. The van der Waals surface area contributed by atoms with Crippen LogP contribution in [0.5, 0.6) is 0 Å². The lowest BCUT2D eigenvalue weighted by Crippen LogP contribution is -2.46. The molecule has 1 saturated heterocycles. The zero-order chi connectivity index (χ0) is 26.3. The Bertz CT molecular complexity index is 1260. The molecule has 0 N–H and O–H groups in total. The van der Waals surface area contributed by atoms with Gasteiger partial charge in [0.1, 0.15) is 0 Å². The van der Waals surface area contributed by atoms with Gasteiger partial charge < -0.3 is 9.64 Å². The molecule has 0 atom stereocenters. The van der Waals surface area contributed by atoms with Crippen LogP contribution in [0.2, 0.25) is 5.02 Å². The maximum Gasteiger partial charge on any atom is 0.243 e. The van der Waals surface area contributed by atoms with Crippen molar-refractivity contribution in [1.82, 2.24) is 14.1 Å². The molecule has 0 radical (unpaired) electrons. The highest BCUT2D eigenvalue weighted by Gasteiger charge is 2.29. The van der Waals surface area contributed by atoms with Crippen LogP contribution in [0.15, 0.2) is 71.6 Å².